The lowest BCUT2D eigenvalue weighted by atomic mass is 10.2. The summed E-state index contributed by atoms with van der Waals surface area (Å²) in [4.78, 5) is 14.6. The van der Waals surface area contributed by atoms with E-state index >= 15 is 0 Å². The van der Waals surface area contributed by atoms with E-state index in [0.717, 1.165) is 24.4 Å². The molecule has 0 aliphatic carbocycles. The third kappa shape index (κ3) is 3.64. The van der Waals surface area contributed by atoms with Gasteiger partial charge in [-0.05, 0) is 12.0 Å². The Morgan fingerprint density at radius 3 is 3.00 bits per heavy atom. The zero-order valence-corrected chi connectivity index (χ0v) is 11.5. The largest absolute Gasteiger partial charge is 0.334 e. The molecule has 106 valence electrons. The molecule has 0 spiro atoms. The van der Waals surface area contributed by atoms with E-state index < -0.39 is 0 Å². The van der Waals surface area contributed by atoms with Crippen LogP contribution in [0.1, 0.15) is 24.7 Å². The Bertz CT molecular complexity index is 580. The van der Waals surface area contributed by atoms with Crippen molar-refractivity contribution in [3.63, 3.8) is 0 Å². The highest BCUT2D eigenvalue weighted by atomic mass is 16.6. The first-order valence-corrected chi connectivity index (χ1v) is 6.64. The van der Waals surface area contributed by atoms with E-state index in [1.54, 1.807) is 18.3 Å². The molecule has 1 aromatic heterocycles. The molecule has 1 heterocycles. The zero-order valence-electron chi connectivity index (χ0n) is 11.5. The highest BCUT2D eigenvalue weighted by molar-refractivity contribution is 5.34. The Morgan fingerprint density at radius 1 is 1.40 bits per heavy atom. The van der Waals surface area contributed by atoms with Gasteiger partial charge in [-0.1, -0.05) is 19.1 Å². The Labute approximate surface area is 117 Å². The minimum atomic E-state index is -0.378. The molecule has 0 aliphatic rings. The number of imidazole rings is 1. The minimum absolute atomic E-state index is 0.122. The summed E-state index contributed by atoms with van der Waals surface area (Å²) in [6, 6.07) is 6.66. The van der Waals surface area contributed by atoms with Crippen molar-refractivity contribution in [3.05, 3.63) is 58.2 Å². The van der Waals surface area contributed by atoms with Crippen LogP contribution in [0.5, 0.6) is 0 Å². The fraction of sp³-hybridized carbons (Fsp3) is 0.357. The van der Waals surface area contributed by atoms with E-state index in [-0.39, 0.29) is 10.6 Å². The van der Waals surface area contributed by atoms with Crippen molar-refractivity contribution in [1.29, 1.82) is 0 Å². The summed E-state index contributed by atoms with van der Waals surface area (Å²) in [6.07, 6.45) is 4.82. The molecule has 6 nitrogen and oxygen atoms in total. The van der Waals surface area contributed by atoms with Crippen molar-refractivity contribution in [3.8, 4) is 0 Å². The number of nitrogens with one attached hydrogen (secondary N) is 1. The van der Waals surface area contributed by atoms with Crippen LogP contribution in [0, 0.1) is 10.1 Å². The molecular formula is C14H18N4O2. The Morgan fingerprint density at radius 2 is 2.25 bits per heavy atom. The van der Waals surface area contributed by atoms with Gasteiger partial charge in [-0.15, -0.1) is 0 Å². The molecule has 0 saturated heterocycles. The number of non-ortho nitro benzene ring substituents is 1. The third-order valence-corrected chi connectivity index (χ3v) is 3.00. The van der Waals surface area contributed by atoms with Crippen LogP contribution >= 0.6 is 0 Å². The third-order valence-electron chi connectivity index (χ3n) is 3.00. The second kappa shape index (κ2) is 6.81. The summed E-state index contributed by atoms with van der Waals surface area (Å²) in [7, 11) is 0. The summed E-state index contributed by atoms with van der Waals surface area (Å²) < 4.78 is 2.11. The van der Waals surface area contributed by atoms with E-state index in [9.17, 15) is 10.1 Å². The van der Waals surface area contributed by atoms with E-state index in [1.807, 2.05) is 12.3 Å². The van der Waals surface area contributed by atoms with Gasteiger partial charge in [-0.25, -0.2) is 4.98 Å². The maximum absolute atomic E-state index is 10.7. The first-order valence-electron chi connectivity index (χ1n) is 6.64. The molecule has 1 N–H and O–H groups in total. The van der Waals surface area contributed by atoms with Crippen LogP contribution in [-0.2, 0) is 19.6 Å². The summed E-state index contributed by atoms with van der Waals surface area (Å²) in [5.74, 6) is 0.984. The number of aryl methyl sites for hydroxylation is 1. The molecule has 1 aromatic carbocycles. The van der Waals surface area contributed by atoms with Crippen LogP contribution in [-0.4, -0.2) is 14.5 Å². The van der Waals surface area contributed by atoms with Gasteiger partial charge in [0.25, 0.3) is 5.69 Å². The number of aromatic nitrogens is 2. The number of nitrogens with zero attached hydrogens (tertiary/aromatic N) is 3. The maximum Gasteiger partial charge on any atom is 0.269 e. The highest BCUT2D eigenvalue weighted by Gasteiger charge is 2.06. The average molecular weight is 274 g/mol. The Hall–Kier alpha value is -2.21. The quantitative estimate of drug-likeness (QED) is 0.622. The molecule has 0 saturated carbocycles. The monoisotopic (exact) mass is 274 g/mol. The lowest BCUT2D eigenvalue weighted by Crippen LogP contribution is -2.16. The first-order chi connectivity index (χ1) is 9.70. The van der Waals surface area contributed by atoms with Crippen LogP contribution in [0.25, 0.3) is 0 Å². The fourth-order valence-corrected chi connectivity index (χ4v) is 2.05. The molecule has 0 amide bonds. The lowest BCUT2D eigenvalue weighted by molar-refractivity contribution is -0.384. The van der Waals surface area contributed by atoms with Crippen molar-refractivity contribution in [2.75, 3.05) is 0 Å². The SMILES string of the molecule is CCCn1ccnc1CNCc1cccc([N+](=O)[O-])c1. The summed E-state index contributed by atoms with van der Waals surface area (Å²) in [5.41, 5.74) is 1.02. The van der Waals surface area contributed by atoms with Gasteiger partial charge in [0.2, 0.25) is 0 Å². The molecule has 0 radical (unpaired) electrons. The van der Waals surface area contributed by atoms with Gasteiger partial charge in [0.15, 0.2) is 0 Å². The molecule has 2 rings (SSSR count). The van der Waals surface area contributed by atoms with Crippen molar-refractivity contribution < 1.29 is 4.92 Å². The van der Waals surface area contributed by atoms with E-state index in [4.69, 9.17) is 0 Å². The molecule has 0 aliphatic heterocycles. The van der Waals surface area contributed by atoms with E-state index in [2.05, 4.69) is 21.8 Å². The summed E-state index contributed by atoms with van der Waals surface area (Å²) in [6.45, 7) is 4.31. The Kier molecular flexibility index (Phi) is 4.84. The van der Waals surface area contributed by atoms with Crippen LogP contribution in [0.2, 0.25) is 0 Å². The number of hydrogen-bond donors (Lipinski definition) is 1. The van der Waals surface area contributed by atoms with Crippen molar-refractivity contribution in [2.24, 2.45) is 0 Å². The van der Waals surface area contributed by atoms with Gasteiger partial charge in [-0.2, -0.15) is 0 Å². The Balaban J connectivity index is 1.91. The molecular weight excluding hydrogens is 256 g/mol. The van der Waals surface area contributed by atoms with E-state index in [0.29, 0.717) is 13.1 Å². The highest BCUT2D eigenvalue weighted by Crippen LogP contribution is 2.12. The predicted molar refractivity (Wildman–Crippen MR) is 76.2 cm³/mol. The number of nitro benzene ring substituents is 1. The van der Waals surface area contributed by atoms with Crippen LogP contribution < -0.4 is 5.32 Å². The summed E-state index contributed by atoms with van der Waals surface area (Å²) in [5, 5.41) is 14.0. The smallest absolute Gasteiger partial charge is 0.269 e. The summed E-state index contributed by atoms with van der Waals surface area (Å²) >= 11 is 0. The maximum atomic E-state index is 10.7. The first kappa shape index (κ1) is 14.2. The lowest BCUT2D eigenvalue weighted by Gasteiger charge is -2.07. The van der Waals surface area contributed by atoms with Gasteiger partial charge >= 0.3 is 0 Å². The average Bonchev–Trinajstić information content (AvgIpc) is 2.87. The molecule has 2 aromatic rings. The molecule has 6 heteroatoms. The topological polar surface area (TPSA) is 73.0 Å². The van der Waals surface area contributed by atoms with Crippen molar-refractivity contribution >= 4 is 5.69 Å². The molecule has 0 fully saturated rings. The molecule has 20 heavy (non-hydrogen) atoms. The van der Waals surface area contributed by atoms with E-state index in [1.165, 1.54) is 6.07 Å². The van der Waals surface area contributed by atoms with Crippen LogP contribution in [0.15, 0.2) is 36.7 Å². The van der Waals surface area contributed by atoms with Gasteiger partial charge in [0.05, 0.1) is 11.5 Å². The fourth-order valence-electron chi connectivity index (χ4n) is 2.05. The van der Waals surface area contributed by atoms with Gasteiger partial charge in [-0.3, -0.25) is 10.1 Å². The standard InChI is InChI=1S/C14H18N4O2/c1-2-7-17-8-6-16-14(17)11-15-10-12-4-3-5-13(9-12)18(19)20/h3-6,8-9,15H,2,7,10-11H2,1H3. The predicted octanol–water partition coefficient (Wildman–Crippen LogP) is 2.49. The number of benzene rings is 1. The van der Waals surface area contributed by atoms with Crippen molar-refractivity contribution in [2.45, 2.75) is 33.0 Å². The number of nitro groups is 1. The molecule has 0 bridgehead atoms. The second-order valence-electron chi connectivity index (χ2n) is 4.57. The second-order valence-corrected chi connectivity index (χ2v) is 4.57. The molecule has 0 atom stereocenters. The minimum Gasteiger partial charge on any atom is -0.334 e. The van der Waals surface area contributed by atoms with Gasteiger partial charge in [0.1, 0.15) is 5.82 Å². The van der Waals surface area contributed by atoms with Gasteiger partial charge < -0.3 is 9.88 Å². The van der Waals surface area contributed by atoms with Crippen molar-refractivity contribution in [1.82, 2.24) is 14.9 Å². The van der Waals surface area contributed by atoms with Crippen LogP contribution in [0.4, 0.5) is 5.69 Å². The zero-order chi connectivity index (χ0) is 14.4. The number of hydrogen-bond acceptors (Lipinski definition) is 4. The number of rotatable bonds is 7. The normalized spacial score (nSPS) is 10.7. The van der Waals surface area contributed by atoms with Crippen LogP contribution in [0.3, 0.4) is 0 Å². The molecule has 0 unspecified atom stereocenters. The van der Waals surface area contributed by atoms with Gasteiger partial charge in [0, 0.05) is 37.6 Å².